The number of methoxy groups -OCH3 is 1. The third kappa shape index (κ3) is 2.87. The number of anilines is 1. The van der Waals surface area contributed by atoms with E-state index in [1.807, 2.05) is 32.0 Å². The highest BCUT2D eigenvalue weighted by atomic mass is 35.5. The third-order valence-corrected chi connectivity index (χ3v) is 4.42. The molecule has 4 heteroatoms. The summed E-state index contributed by atoms with van der Waals surface area (Å²) in [6.45, 7) is 10.4. The molecule has 1 aromatic rings. The standard InChI is InChI=1S/C18H24ClNO2/c1-11(2)16(17(21)22-6)20-15-8-7-13(19)9-14(15)12(3)10-18(20,4)5/h7-11,16H,1-6H3. The molecule has 0 aromatic heterocycles. The molecule has 2 rings (SSSR count). The second kappa shape index (κ2) is 5.96. The van der Waals surface area contributed by atoms with E-state index in [9.17, 15) is 4.79 Å². The van der Waals surface area contributed by atoms with E-state index < -0.39 is 0 Å². The SMILES string of the molecule is COC(=O)C(C(C)C)N1c2ccc(Cl)cc2C(C)=CC1(C)C. The summed E-state index contributed by atoms with van der Waals surface area (Å²) in [5.41, 5.74) is 2.99. The van der Waals surface area contributed by atoms with Crippen LogP contribution in [0, 0.1) is 5.92 Å². The molecular weight excluding hydrogens is 298 g/mol. The van der Waals surface area contributed by atoms with Crippen LogP contribution in [-0.4, -0.2) is 24.7 Å². The van der Waals surface area contributed by atoms with E-state index in [2.05, 4.69) is 31.7 Å². The molecule has 1 atom stereocenters. The van der Waals surface area contributed by atoms with E-state index in [4.69, 9.17) is 16.3 Å². The topological polar surface area (TPSA) is 29.5 Å². The molecule has 120 valence electrons. The lowest BCUT2D eigenvalue weighted by atomic mass is 9.85. The van der Waals surface area contributed by atoms with Crippen LogP contribution in [0.5, 0.6) is 0 Å². The second-order valence-electron chi connectivity index (χ2n) is 6.72. The van der Waals surface area contributed by atoms with E-state index in [1.54, 1.807) is 0 Å². The van der Waals surface area contributed by atoms with Crippen LogP contribution in [0.2, 0.25) is 5.02 Å². The van der Waals surface area contributed by atoms with Gasteiger partial charge in [-0.1, -0.05) is 31.5 Å². The quantitative estimate of drug-likeness (QED) is 0.765. The van der Waals surface area contributed by atoms with Crippen LogP contribution in [0.3, 0.4) is 0 Å². The van der Waals surface area contributed by atoms with Crippen LogP contribution < -0.4 is 4.90 Å². The predicted octanol–water partition coefficient (Wildman–Crippen LogP) is 4.54. The summed E-state index contributed by atoms with van der Waals surface area (Å²) < 4.78 is 5.06. The maximum absolute atomic E-state index is 12.4. The lowest BCUT2D eigenvalue weighted by Gasteiger charge is -2.48. The van der Waals surface area contributed by atoms with Gasteiger partial charge in [0, 0.05) is 16.3 Å². The summed E-state index contributed by atoms with van der Waals surface area (Å²) in [7, 11) is 1.44. The van der Waals surface area contributed by atoms with Crippen LogP contribution in [0.25, 0.3) is 5.57 Å². The molecule has 1 aromatic carbocycles. The summed E-state index contributed by atoms with van der Waals surface area (Å²) in [4.78, 5) is 14.5. The summed E-state index contributed by atoms with van der Waals surface area (Å²) >= 11 is 6.16. The first kappa shape index (κ1) is 16.9. The smallest absolute Gasteiger partial charge is 0.328 e. The Morgan fingerprint density at radius 3 is 2.50 bits per heavy atom. The number of carbonyl (C=O) groups excluding carboxylic acids is 1. The zero-order valence-electron chi connectivity index (χ0n) is 14.1. The molecule has 1 unspecified atom stereocenters. The average Bonchev–Trinajstić information content (AvgIpc) is 2.42. The average molecular weight is 322 g/mol. The Kier molecular flexibility index (Phi) is 4.57. The number of allylic oxidation sites excluding steroid dienone is 1. The summed E-state index contributed by atoms with van der Waals surface area (Å²) in [5.74, 6) is -0.0843. The summed E-state index contributed by atoms with van der Waals surface area (Å²) in [6.07, 6.45) is 2.18. The molecule has 1 heterocycles. The number of hydrogen-bond donors (Lipinski definition) is 0. The van der Waals surface area contributed by atoms with Gasteiger partial charge in [0.2, 0.25) is 0 Å². The number of halogens is 1. The highest BCUT2D eigenvalue weighted by Crippen LogP contribution is 2.42. The van der Waals surface area contributed by atoms with Crippen LogP contribution in [0.1, 0.15) is 40.2 Å². The van der Waals surface area contributed by atoms with Crippen LogP contribution in [0.4, 0.5) is 5.69 Å². The van der Waals surface area contributed by atoms with Crippen molar-refractivity contribution in [3.8, 4) is 0 Å². The number of fused-ring (bicyclic) bond motifs is 1. The maximum atomic E-state index is 12.4. The normalized spacial score (nSPS) is 17.8. The lowest BCUT2D eigenvalue weighted by Crippen LogP contribution is -2.56. The number of ether oxygens (including phenoxy) is 1. The molecule has 1 aliphatic rings. The van der Waals surface area contributed by atoms with Crippen molar-refractivity contribution in [2.75, 3.05) is 12.0 Å². The van der Waals surface area contributed by atoms with Gasteiger partial charge in [0.25, 0.3) is 0 Å². The fraction of sp³-hybridized carbons (Fsp3) is 0.500. The van der Waals surface area contributed by atoms with E-state index in [0.29, 0.717) is 5.02 Å². The minimum atomic E-state index is -0.343. The maximum Gasteiger partial charge on any atom is 0.328 e. The van der Waals surface area contributed by atoms with Gasteiger partial charge in [-0.25, -0.2) is 4.79 Å². The van der Waals surface area contributed by atoms with Gasteiger partial charge >= 0.3 is 5.97 Å². The molecule has 22 heavy (non-hydrogen) atoms. The van der Waals surface area contributed by atoms with Gasteiger partial charge < -0.3 is 9.64 Å². The molecule has 0 saturated carbocycles. The third-order valence-electron chi connectivity index (χ3n) is 4.19. The Morgan fingerprint density at radius 1 is 1.32 bits per heavy atom. The van der Waals surface area contributed by atoms with Crippen molar-refractivity contribution in [2.45, 2.75) is 46.2 Å². The van der Waals surface area contributed by atoms with E-state index >= 15 is 0 Å². The Labute approximate surface area is 137 Å². The Hall–Kier alpha value is -1.48. The van der Waals surface area contributed by atoms with Gasteiger partial charge in [0.05, 0.1) is 12.6 Å². The van der Waals surface area contributed by atoms with E-state index in [-0.39, 0.29) is 23.5 Å². The van der Waals surface area contributed by atoms with Crippen LogP contribution in [-0.2, 0) is 9.53 Å². The van der Waals surface area contributed by atoms with E-state index in [0.717, 1.165) is 11.3 Å². The molecule has 0 bridgehead atoms. The zero-order valence-corrected chi connectivity index (χ0v) is 14.9. The lowest BCUT2D eigenvalue weighted by molar-refractivity contribution is -0.143. The number of benzene rings is 1. The fourth-order valence-corrected chi connectivity index (χ4v) is 3.50. The van der Waals surface area contributed by atoms with Gasteiger partial charge in [-0.2, -0.15) is 0 Å². The van der Waals surface area contributed by atoms with Crippen molar-refractivity contribution in [1.82, 2.24) is 0 Å². The van der Waals surface area contributed by atoms with Crippen molar-refractivity contribution >= 4 is 28.8 Å². The van der Waals surface area contributed by atoms with Crippen molar-refractivity contribution in [3.63, 3.8) is 0 Å². The summed E-state index contributed by atoms with van der Waals surface area (Å²) in [5, 5.41) is 0.699. The number of hydrogen-bond acceptors (Lipinski definition) is 3. The monoisotopic (exact) mass is 321 g/mol. The van der Waals surface area contributed by atoms with Gasteiger partial charge in [-0.3, -0.25) is 0 Å². The largest absolute Gasteiger partial charge is 0.467 e. The molecule has 1 aliphatic heterocycles. The minimum absolute atomic E-state index is 0.127. The zero-order chi connectivity index (χ0) is 16.7. The molecule has 0 fully saturated rings. The predicted molar refractivity (Wildman–Crippen MR) is 92.3 cm³/mol. The van der Waals surface area contributed by atoms with Crippen molar-refractivity contribution in [2.24, 2.45) is 5.92 Å². The number of esters is 1. The summed E-state index contributed by atoms with van der Waals surface area (Å²) in [6, 6.07) is 5.48. The number of carbonyl (C=O) groups is 1. The number of nitrogens with zero attached hydrogens (tertiary/aromatic N) is 1. The molecule has 0 aliphatic carbocycles. The molecular formula is C18H24ClNO2. The van der Waals surface area contributed by atoms with Gasteiger partial charge in [-0.15, -0.1) is 0 Å². The Morgan fingerprint density at radius 2 is 1.95 bits per heavy atom. The molecule has 0 saturated heterocycles. The van der Waals surface area contributed by atoms with Gasteiger partial charge in [0.1, 0.15) is 6.04 Å². The van der Waals surface area contributed by atoms with Crippen LogP contribution >= 0.6 is 11.6 Å². The van der Waals surface area contributed by atoms with E-state index in [1.165, 1.54) is 12.7 Å². The number of rotatable bonds is 3. The van der Waals surface area contributed by atoms with Gasteiger partial charge in [0.15, 0.2) is 0 Å². The first-order valence-electron chi connectivity index (χ1n) is 7.55. The van der Waals surface area contributed by atoms with Crippen molar-refractivity contribution in [1.29, 1.82) is 0 Å². The Bertz CT molecular complexity index is 620. The molecule has 0 spiro atoms. The molecule has 0 amide bonds. The first-order chi connectivity index (χ1) is 10.2. The molecule has 3 nitrogen and oxygen atoms in total. The highest BCUT2D eigenvalue weighted by molar-refractivity contribution is 6.30. The fourth-order valence-electron chi connectivity index (χ4n) is 3.33. The van der Waals surface area contributed by atoms with Gasteiger partial charge in [-0.05, 0) is 50.5 Å². The van der Waals surface area contributed by atoms with Crippen molar-refractivity contribution in [3.05, 3.63) is 34.9 Å². The molecule has 0 N–H and O–H groups in total. The highest BCUT2D eigenvalue weighted by Gasteiger charge is 2.41. The Balaban J connectivity index is 2.65. The minimum Gasteiger partial charge on any atom is -0.467 e. The van der Waals surface area contributed by atoms with Crippen LogP contribution in [0.15, 0.2) is 24.3 Å². The van der Waals surface area contributed by atoms with Crippen molar-refractivity contribution < 1.29 is 9.53 Å². The second-order valence-corrected chi connectivity index (χ2v) is 7.16. The molecule has 0 radical (unpaired) electrons. The first-order valence-corrected chi connectivity index (χ1v) is 7.93.